The Morgan fingerprint density at radius 3 is 1.76 bits per heavy atom. The molecule has 0 saturated heterocycles. The first-order valence-electron chi connectivity index (χ1n) is 12.4. The highest BCUT2D eigenvalue weighted by Gasteiger charge is 2.31. The summed E-state index contributed by atoms with van der Waals surface area (Å²) >= 11 is 0. The van der Waals surface area contributed by atoms with E-state index in [9.17, 15) is 38.7 Å². The van der Waals surface area contributed by atoms with Crippen LogP contribution in [0.5, 0.6) is 0 Å². The van der Waals surface area contributed by atoms with E-state index in [0.29, 0.717) is 5.56 Å². The molecule has 0 fully saturated rings. The summed E-state index contributed by atoms with van der Waals surface area (Å²) < 4.78 is 0. The van der Waals surface area contributed by atoms with Gasteiger partial charge in [0.05, 0.1) is 12.5 Å². The van der Waals surface area contributed by atoms with Gasteiger partial charge in [-0.2, -0.15) is 0 Å². The van der Waals surface area contributed by atoms with Crippen LogP contribution in [0, 0.1) is 0 Å². The first kappa shape index (κ1) is 32.2. The number of amides is 3. The lowest BCUT2D eigenvalue weighted by atomic mass is 10.0. The second kappa shape index (κ2) is 15.0. The van der Waals surface area contributed by atoms with Crippen LogP contribution >= 0.6 is 0 Å². The number of rotatable bonds is 17. The highest BCUT2D eigenvalue weighted by molar-refractivity contribution is 5.95. The molecule has 10 N–H and O–H groups in total. The molecule has 222 valence electrons. The quantitative estimate of drug-likeness (QED) is 0.107. The summed E-state index contributed by atoms with van der Waals surface area (Å²) in [5.74, 6) is -8.63. The number of nitrogens with two attached hydrogens (primary N) is 1. The molecule has 4 unspecified atom stereocenters. The standard InChI is InChI=1S/C25H31N5O11/c26-14(10-21(35)36)22(37)28-16(5-7-19(31)32)23(38)29-17(6-8-20(33)34)24(39)30-18(25(40)41)9-12-11-27-15-4-2-1-3-13(12)15/h1-4,11,14,16-18,27H,5-10,26H2,(H,28,37)(H,29,38)(H,30,39)(H,31,32)(H,33,34)(H,35,36)(H,40,41). The molecule has 0 aliphatic rings. The number of nitrogens with one attached hydrogen (secondary N) is 4. The van der Waals surface area contributed by atoms with Crippen LogP contribution in [0.3, 0.4) is 0 Å². The number of hydrogen-bond donors (Lipinski definition) is 9. The van der Waals surface area contributed by atoms with Crippen LogP contribution in [-0.2, 0) is 40.0 Å². The number of aliphatic carboxylic acids is 4. The minimum atomic E-state index is -1.58. The number of benzene rings is 1. The molecule has 1 aromatic carbocycles. The maximum Gasteiger partial charge on any atom is 0.326 e. The van der Waals surface area contributed by atoms with Crippen LogP contribution in [0.1, 0.15) is 37.7 Å². The van der Waals surface area contributed by atoms with Crippen molar-refractivity contribution in [3.05, 3.63) is 36.0 Å². The second-order valence-electron chi connectivity index (χ2n) is 9.15. The number of aromatic nitrogens is 1. The van der Waals surface area contributed by atoms with Crippen molar-refractivity contribution in [3.63, 3.8) is 0 Å². The molecule has 0 spiro atoms. The smallest absolute Gasteiger partial charge is 0.326 e. The predicted molar refractivity (Wildman–Crippen MR) is 139 cm³/mol. The van der Waals surface area contributed by atoms with Crippen molar-refractivity contribution < 1.29 is 54.0 Å². The molecule has 2 rings (SSSR count). The van der Waals surface area contributed by atoms with Crippen LogP contribution in [0.4, 0.5) is 0 Å². The van der Waals surface area contributed by atoms with Crippen LogP contribution in [0.25, 0.3) is 10.9 Å². The Morgan fingerprint density at radius 2 is 1.24 bits per heavy atom. The van der Waals surface area contributed by atoms with Gasteiger partial charge in [-0.25, -0.2) is 4.79 Å². The Hall–Kier alpha value is -4.99. The molecule has 1 heterocycles. The number of carbonyl (C=O) groups excluding carboxylic acids is 3. The van der Waals surface area contributed by atoms with E-state index in [2.05, 4.69) is 20.9 Å². The molecule has 0 bridgehead atoms. The third-order valence-electron chi connectivity index (χ3n) is 6.00. The largest absolute Gasteiger partial charge is 0.481 e. The first-order valence-corrected chi connectivity index (χ1v) is 12.4. The SMILES string of the molecule is NC(CC(=O)O)C(=O)NC(CCC(=O)O)C(=O)NC(CCC(=O)O)C(=O)NC(Cc1c[nH]c2ccccc12)C(=O)O. The van der Waals surface area contributed by atoms with Crippen molar-refractivity contribution in [1.29, 1.82) is 0 Å². The van der Waals surface area contributed by atoms with Crippen molar-refractivity contribution in [1.82, 2.24) is 20.9 Å². The number of fused-ring (bicyclic) bond motifs is 1. The molecule has 0 aliphatic carbocycles. The zero-order valence-corrected chi connectivity index (χ0v) is 21.7. The summed E-state index contributed by atoms with van der Waals surface area (Å²) in [6.07, 6.45) is -1.50. The van der Waals surface area contributed by atoms with Crippen LogP contribution < -0.4 is 21.7 Å². The topological polar surface area (TPSA) is 278 Å². The summed E-state index contributed by atoms with van der Waals surface area (Å²) in [4.78, 5) is 86.4. The normalized spacial score (nSPS) is 13.8. The van der Waals surface area contributed by atoms with Crippen molar-refractivity contribution in [2.45, 2.75) is 62.7 Å². The monoisotopic (exact) mass is 577 g/mol. The van der Waals surface area contributed by atoms with Gasteiger partial charge in [-0.3, -0.25) is 28.8 Å². The summed E-state index contributed by atoms with van der Waals surface area (Å²) in [5.41, 5.74) is 6.81. The highest BCUT2D eigenvalue weighted by atomic mass is 16.4. The van der Waals surface area contributed by atoms with E-state index >= 15 is 0 Å². The number of carbonyl (C=O) groups is 7. The van der Waals surface area contributed by atoms with Gasteiger partial charge in [-0.05, 0) is 24.5 Å². The van der Waals surface area contributed by atoms with Crippen LogP contribution in [0.15, 0.2) is 30.5 Å². The Balaban J connectivity index is 2.22. The average molecular weight is 578 g/mol. The molecular formula is C25H31N5O11. The maximum atomic E-state index is 13.1. The Labute approximate surface area is 232 Å². The highest BCUT2D eigenvalue weighted by Crippen LogP contribution is 2.19. The van der Waals surface area contributed by atoms with Crippen molar-refractivity contribution >= 4 is 52.5 Å². The van der Waals surface area contributed by atoms with Gasteiger partial charge in [0.25, 0.3) is 0 Å². The molecule has 1 aromatic heterocycles. The van der Waals surface area contributed by atoms with Crippen molar-refractivity contribution in [2.75, 3.05) is 0 Å². The third kappa shape index (κ3) is 10.2. The molecule has 0 aliphatic heterocycles. The second-order valence-corrected chi connectivity index (χ2v) is 9.15. The van der Waals surface area contributed by atoms with Gasteiger partial charge in [-0.15, -0.1) is 0 Å². The first-order chi connectivity index (χ1) is 19.3. The fourth-order valence-electron chi connectivity index (χ4n) is 3.90. The van der Waals surface area contributed by atoms with Crippen LogP contribution in [-0.4, -0.2) is 91.2 Å². The number of H-pyrrole nitrogens is 1. The Kier molecular flexibility index (Phi) is 11.8. The van der Waals surface area contributed by atoms with E-state index in [1.165, 1.54) is 0 Å². The number of aromatic amines is 1. The molecule has 0 radical (unpaired) electrons. The summed E-state index contributed by atoms with van der Waals surface area (Å²) in [7, 11) is 0. The van der Waals surface area contributed by atoms with E-state index in [0.717, 1.165) is 10.9 Å². The molecular weight excluding hydrogens is 546 g/mol. The molecule has 41 heavy (non-hydrogen) atoms. The van der Waals surface area contributed by atoms with E-state index in [1.807, 2.05) is 0 Å². The van der Waals surface area contributed by atoms with Crippen LogP contribution in [0.2, 0.25) is 0 Å². The molecule has 0 saturated carbocycles. The van der Waals surface area contributed by atoms with E-state index in [1.54, 1.807) is 30.5 Å². The predicted octanol–water partition coefficient (Wildman–Crippen LogP) is -1.22. The van der Waals surface area contributed by atoms with Gasteiger partial charge in [0.2, 0.25) is 17.7 Å². The zero-order chi connectivity index (χ0) is 30.7. The average Bonchev–Trinajstić information content (AvgIpc) is 3.30. The lowest BCUT2D eigenvalue weighted by Gasteiger charge is -2.24. The van der Waals surface area contributed by atoms with Gasteiger partial charge in [0, 0.05) is 36.4 Å². The molecule has 16 heteroatoms. The van der Waals surface area contributed by atoms with E-state index < -0.39 is 97.9 Å². The summed E-state index contributed by atoms with van der Waals surface area (Å²) in [6.45, 7) is 0. The lowest BCUT2D eigenvalue weighted by Crippen LogP contribution is -2.57. The van der Waals surface area contributed by atoms with E-state index in [-0.39, 0.29) is 6.42 Å². The third-order valence-corrected chi connectivity index (χ3v) is 6.00. The van der Waals surface area contributed by atoms with Gasteiger partial charge < -0.3 is 47.1 Å². The Morgan fingerprint density at radius 1 is 0.732 bits per heavy atom. The van der Waals surface area contributed by atoms with Gasteiger partial charge in [-0.1, -0.05) is 18.2 Å². The summed E-state index contributed by atoms with van der Waals surface area (Å²) in [6, 6.07) is 0.854. The van der Waals surface area contributed by atoms with E-state index in [4.69, 9.17) is 21.1 Å². The Bertz CT molecular complexity index is 1310. The molecule has 2 aromatic rings. The van der Waals surface area contributed by atoms with Gasteiger partial charge in [0.15, 0.2) is 0 Å². The minimum absolute atomic E-state index is 0.149. The summed E-state index contributed by atoms with van der Waals surface area (Å²) in [5, 5.41) is 44.1. The van der Waals surface area contributed by atoms with Gasteiger partial charge >= 0.3 is 23.9 Å². The molecule has 3 amide bonds. The zero-order valence-electron chi connectivity index (χ0n) is 21.7. The molecule has 16 nitrogen and oxygen atoms in total. The fourth-order valence-corrected chi connectivity index (χ4v) is 3.90. The number of carboxylic acid groups (broad SMARTS) is 4. The molecule has 4 atom stereocenters. The number of para-hydroxylation sites is 1. The lowest BCUT2D eigenvalue weighted by molar-refractivity contribution is -0.143. The van der Waals surface area contributed by atoms with Crippen molar-refractivity contribution in [2.24, 2.45) is 5.73 Å². The number of carboxylic acids is 4. The van der Waals surface area contributed by atoms with Crippen molar-refractivity contribution in [3.8, 4) is 0 Å². The maximum absolute atomic E-state index is 13.1. The number of hydrogen-bond acceptors (Lipinski definition) is 8. The minimum Gasteiger partial charge on any atom is -0.481 e. The fraction of sp³-hybridized carbons (Fsp3) is 0.400. The van der Waals surface area contributed by atoms with Gasteiger partial charge in [0.1, 0.15) is 18.1 Å².